The maximum atomic E-state index is 10.9. The van der Waals surface area contributed by atoms with Crippen LogP contribution in [-0.2, 0) is 11.2 Å². The Morgan fingerprint density at radius 3 is 2.60 bits per heavy atom. The van der Waals surface area contributed by atoms with Gasteiger partial charge < -0.3 is 5.11 Å². The fraction of sp³-hybridized carbons (Fsp3) is 0.300. The zero-order valence-corrected chi connectivity index (χ0v) is 10.7. The first kappa shape index (κ1) is 12.6. The summed E-state index contributed by atoms with van der Waals surface area (Å²) in [5.41, 5.74) is 2.23. The van der Waals surface area contributed by atoms with Crippen LogP contribution in [0.2, 0.25) is 0 Å². The van der Waals surface area contributed by atoms with E-state index in [1.807, 2.05) is 31.2 Å². The molecule has 0 aliphatic carbocycles. The summed E-state index contributed by atoms with van der Waals surface area (Å²) >= 11 is 0. The summed E-state index contributed by atoms with van der Waals surface area (Å²) < 4.78 is 0. The molecule has 0 fully saturated rings. The van der Waals surface area contributed by atoms with Gasteiger partial charge in [0.05, 0.1) is 0 Å². The number of aryl methyl sites for hydroxylation is 1. The Hall–Kier alpha value is -0.490. The molecule has 1 aromatic rings. The van der Waals surface area contributed by atoms with Crippen LogP contribution < -0.4 is 5.09 Å². The largest absolute Gasteiger partial charge is 0.480 e. The highest BCUT2D eigenvalue weighted by atomic mass is 32.0. The third-order valence-electron chi connectivity index (χ3n) is 2.12. The lowest BCUT2D eigenvalue weighted by Gasteiger charge is -2.12. The van der Waals surface area contributed by atoms with Crippen LogP contribution in [0.4, 0.5) is 0 Å². The third-order valence-corrected chi connectivity index (χ3v) is 3.13. The van der Waals surface area contributed by atoms with Gasteiger partial charge in [0.25, 0.3) is 0 Å². The van der Waals surface area contributed by atoms with Crippen molar-refractivity contribution >= 4 is 23.3 Å². The quantitative estimate of drug-likeness (QED) is 0.777. The molecule has 0 bridgehead atoms. The molecule has 3 atom stereocenters. The topological polar surface area (TPSA) is 49.3 Å². The first-order valence-corrected chi connectivity index (χ1v) is 7.44. The Labute approximate surface area is 93.6 Å². The highest BCUT2D eigenvalue weighted by Crippen LogP contribution is 2.17. The minimum atomic E-state index is -0.800. The molecule has 15 heavy (non-hydrogen) atoms. The van der Waals surface area contributed by atoms with Gasteiger partial charge in [0.1, 0.15) is 6.04 Å². The van der Waals surface area contributed by atoms with Crippen LogP contribution >= 0.6 is 17.3 Å². The Morgan fingerprint density at radius 2 is 2.13 bits per heavy atom. The van der Waals surface area contributed by atoms with E-state index >= 15 is 0 Å². The molecule has 3 unspecified atom stereocenters. The second kappa shape index (κ2) is 6.17. The Bertz CT molecular complexity index is 327. The van der Waals surface area contributed by atoms with E-state index in [9.17, 15) is 4.79 Å². The molecule has 0 radical (unpaired) electrons. The van der Waals surface area contributed by atoms with Gasteiger partial charge in [-0.2, -0.15) is 0 Å². The van der Waals surface area contributed by atoms with Crippen molar-refractivity contribution in [3.8, 4) is 0 Å². The van der Waals surface area contributed by atoms with Gasteiger partial charge in [-0.25, -0.2) is 0 Å². The Morgan fingerprint density at radius 1 is 1.53 bits per heavy atom. The van der Waals surface area contributed by atoms with E-state index in [0.29, 0.717) is 14.8 Å². The first-order chi connectivity index (χ1) is 7.13. The summed E-state index contributed by atoms with van der Waals surface area (Å²) in [5, 5.41) is 11.9. The molecular formula is C10H15NO2P2. The molecule has 0 aliphatic heterocycles. The fourth-order valence-electron chi connectivity index (χ4n) is 1.26. The van der Waals surface area contributed by atoms with Gasteiger partial charge in [0, 0.05) is 0 Å². The number of rotatable bonds is 5. The van der Waals surface area contributed by atoms with Crippen LogP contribution in [0.1, 0.15) is 11.1 Å². The van der Waals surface area contributed by atoms with Crippen molar-refractivity contribution < 1.29 is 9.90 Å². The van der Waals surface area contributed by atoms with Crippen LogP contribution in [0.3, 0.4) is 0 Å². The molecule has 0 amide bonds. The summed E-state index contributed by atoms with van der Waals surface area (Å²) in [4.78, 5) is 10.9. The average Bonchev–Trinajstić information content (AvgIpc) is 2.20. The van der Waals surface area contributed by atoms with Gasteiger partial charge in [-0.1, -0.05) is 38.8 Å². The van der Waals surface area contributed by atoms with Crippen molar-refractivity contribution in [2.75, 3.05) is 0 Å². The molecular weight excluding hydrogens is 228 g/mol. The molecule has 0 aliphatic rings. The van der Waals surface area contributed by atoms with Crippen molar-refractivity contribution in [1.82, 2.24) is 5.09 Å². The van der Waals surface area contributed by atoms with Crippen LogP contribution in [0.5, 0.6) is 0 Å². The number of carboxylic acids is 1. The maximum absolute atomic E-state index is 10.9. The van der Waals surface area contributed by atoms with Crippen molar-refractivity contribution in [2.45, 2.75) is 19.4 Å². The molecule has 0 aromatic heterocycles. The minimum absolute atomic E-state index is 0.366. The van der Waals surface area contributed by atoms with Crippen LogP contribution in [-0.4, -0.2) is 17.1 Å². The lowest BCUT2D eigenvalue weighted by atomic mass is 10.1. The highest BCUT2D eigenvalue weighted by molar-refractivity contribution is 8.01. The number of carboxylic acid groups (broad SMARTS) is 1. The van der Waals surface area contributed by atoms with Crippen LogP contribution in [0.25, 0.3) is 0 Å². The third kappa shape index (κ3) is 4.25. The predicted molar refractivity (Wildman–Crippen MR) is 67.5 cm³/mol. The first-order valence-electron chi connectivity index (χ1n) is 4.63. The highest BCUT2D eigenvalue weighted by Gasteiger charge is 2.15. The van der Waals surface area contributed by atoms with Crippen LogP contribution in [0.15, 0.2) is 24.3 Å². The molecule has 0 heterocycles. The SMILES string of the molecule is Cc1ccc(CC(NPP)C(=O)O)cc1. The van der Waals surface area contributed by atoms with Crippen molar-refractivity contribution in [3.63, 3.8) is 0 Å². The van der Waals surface area contributed by atoms with Crippen molar-refractivity contribution in [3.05, 3.63) is 35.4 Å². The smallest absolute Gasteiger partial charge is 0.321 e. The lowest BCUT2D eigenvalue weighted by Crippen LogP contribution is -2.32. The molecule has 5 heteroatoms. The summed E-state index contributed by atoms with van der Waals surface area (Å²) in [6.45, 7) is 2.01. The lowest BCUT2D eigenvalue weighted by molar-refractivity contribution is -0.138. The molecule has 3 nitrogen and oxygen atoms in total. The van der Waals surface area contributed by atoms with E-state index in [4.69, 9.17) is 5.11 Å². The van der Waals surface area contributed by atoms with E-state index in [0.717, 1.165) is 5.56 Å². The number of carbonyl (C=O) groups is 1. The monoisotopic (exact) mass is 243 g/mol. The van der Waals surface area contributed by atoms with E-state index in [1.165, 1.54) is 5.56 Å². The molecule has 1 aromatic carbocycles. The molecule has 0 saturated heterocycles. The predicted octanol–water partition coefficient (Wildman–Crippen LogP) is 1.96. The van der Waals surface area contributed by atoms with Crippen molar-refractivity contribution in [2.24, 2.45) is 0 Å². The van der Waals surface area contributed by atoms with Gasteiger partial charge in [-0.3, -0.25) is 9.88 Å². The summed E-state index contributed by atoms with van der Waals surface area (Å²) in [6, 6.07) is 7.44. The fourth-order valence-corrected chi connectivity index (χ4v) is 2.29. The summed E-state index contributed by atoms with van der Waals surface area (Å²) in [5.74, 6) is -0.800. The second-order valence-electron chi connectivity index (χ2n) is 3.37. The normalized spacial score (nSPS) is 13.2. The summed E-state index contributed by atoms with van der Waals surface area (Å²) in [6.07, 6.45) is 0.525. The summed E-state index contributed by atoms with van der Waals surface area (Å²) in [7, 11) is 2.86. The number of nitrogens with one attached hydrogen (secondary N) is 1. The van der Waals surface area contributed by atoms with E-state index in [1.54, 1.807) is 0 Å². The zero-order chi connectivity index (χ0) is 11.3. The molecule has 2 N–H and O–H groups in total. The van der Waals surface area contributed by atoms with Crippen molar-refractivity contribution in [1.29, 1.82) is 0 Å². The van der Waals surface area contributed by atoms with E-state index in [2.05, 4.69) is 14.0 Å². The Balaban J connectivity index is 2.65. The van der Waals surface area contributed by atoms with E-state index < -0.39 is 12.0 Å². The Kier molecular flexibility index (Phi) is 5.17. The van der Waals surface area contributed by atoms with Gasteiger partial charge in [-0.05, 0) is 27.3 Å². The van der Waals surface area contributed by atoms with Gasteiger partial charge in [0.2, 0.25) is 0 Å². The zero-order valence-electron chi connectivity index (χ0n) is 8.53. The molecule has 0 spiro atoms. The molecule has 82 valence electrons. The molecule has 0 saturated carbocycles. The van der Waals surface area contributed by atoms with Gasteiger partial charge in [0.15, 0.2) is 0 Å². The average molecular weight is 243 g/mol. The number of benzene rings is 1. The molecule has 1 rings (SSSR count). The minimum Gasteiger partial charge on any atom is -0.480 e. The van der Waals surface area contributed by atoms with Gasteiger partial charge in [-0.15, -0.1) is 0 Å². The number of hydrogen-bond acceptors (Lipinski definition) is 2. The van der Waals surface area contributed by atoms with Crippen LogP contribution in [0, 0.1) is 6.92 Å². The number of hydrogen-bond donors (Lipinski definition) is 2. The maximum Gasteiger partial charge on any atom is 0.321 e. The number of aliphatic carboxylic acids is 1. The van der Waals surface area contributed by atoms with Gasteiger partial charge >= 0.3 is 5.97 Å². The second-order valence-corrected chi connectivity index (χ2v) is 4.81. The standard InChI is InChI=1S/C10H15NO2P2/c1-7-2-4-8(5-3-7)6-9(10(12)13)11-15-14/h2-5,9,11,15H,6,14H2,1H3,(H,12,13). The van der Waals surface area contributed by atoms with E-state index in [-0.39, 0.29) is 0 Å².